The fourth-order valence-corrected chi connectivity index (χ4v) is 13.8. The van der Waals surface area contributed by atoms with E-state index in [0.29, 0.717) is 29.1 Å². The molecule has 0 N–H and O–H groups in total. The Hall–Kier alpha value is -3.96. The molecule has 7 atom stereocenters. The van der Waals surface area contributed by atoms with Crippen molar-refractivity contribution >= 4 is 0 Å². The van der Waals surface area contributed by atoms with Crippen LogP contribution in [0.3, 0.4) is 0 Å². The summed E-state index contributed by atoms with van der Waals surface area (Å²) in [7, 11) is 1.65. The van der Waals surface area contributed by atoms with Crippen LogP contribution < -0.4 is 18.9 Å². The number of ether oxygens (including phenoxy) is 5. The van der Waals surface area contributed by atoms with Crippen LogP contribution in [-0.2, 0) is 4.74 Å². The van der Waals surface area contributed by atoms with Crippen molar-refractivity contribution in [1.82, 2.24) is 0 Å². The second-order valence-electron chi connectivity index (χ2n) is 27.2. The van der Waals surface area contributed by atoms with Gasteiger partial charge in [0.05, 0.1) is 0 Å². The number of fused-ring (bicyclic) bond motifs is 2. The van der Waals surface area contributed by atoms with E-state index < -0.39 is 5.79 Å². The molecule has 0 aliphatic heterocycles. The van der Waals surface area contributed by atoms with Crippen LogP contribution in [0.1, 0.15) is 260 Å². The van der Waals surface area contributed by atoms with Gasteiger partial charge in [-0.05, 0) is 255 Å². The summed E-state index contributed by atoms with van der Waals surface area (Å²) in [5.74, 6) is 11.4. The fraction of sp³-hybridized carbons (Fsp3) is 0.667. The van der Waals surface area contributed by atoms with Gasteiger partial charge in [0.15, 0.2) is 0 Å². The highest BCUT2D eigenvalue weighted by molar-refractivity contribution is 5.33. The van der Waals surface area contributed by atoms with Gasteiger partial charge in [-0.1, -0.05) is 117 Å². The van der Waals surface area contributed by atoms with E-state index in [2.05, 4.69) is 189 Å². The van der Waals surface area contributed by atoms with Gasteiger partial charge in [0.1, 0.15) is 39.8 Å². The highest BCUT2D eigenvalue weighted by atomic mass is 16.7. The monoisotopic (exact) mass is 1050 g/mol. The molecule has 0 saturated heterocycles. The predicted octanol–water partition coefficient (Wildman–Crippen LogP) is 21.1. The van der Waals surface area contributed by atoms with Gasteiger partial charge in [-0.3, -0.25) is 0 Å². The molecule has 4 aromatic rings. The Bertz CT molecular complexity index is 2240. The van der Waals surface area contributed by atoms with Crippen molar-refractivity contribution in [3.63, 3.8) is 0 Å². The summed E-state index contributed by atoms with van der Waals surface area (Å²) in [6.45, 7) is 37.5. The molecule has 5 heteroatoms. The zero-order valence-electron chi connectivity index (χ0n) is 52.2. The van der Waals surface area contributed by atoms with E-state index in [-0.39, 0.29) is 16.8 Å². The van der Waals surface area contributed by atoms with Crippen molar-refractivity contribution in [2.24, 2.45) is 40.9 Å². The third-order valence-electron chi connectivity index (χ3n) is 20.0. The van der Waals surface area contributed by atoms with Gasteiger partial charge >= 0.3 is 0 Å². The molecule has 0 aromatic heterocycles. The highest BCUT2D eigenvalue weighted by Crippen LogP contribution is 2.64. The van der Waals surface area contributed by atoms with Crippen LogP contribution in [0.2, 0.25) is 0 Å². The molecule has 6 bridgehead atoms. The third kappa shape index (κ3) is 16.8. The minimum Gasteiger partial charge on any atom is -0.488 e. The third-order valence-corrected chi connectivity index (χ3v) is 20.0. The quantitative estimate of drug-likeness (QED) is 0.0826. The van der Waals surface area contributed by atoms with Gasteiger partial charge in [-0.15, -0.1) is 0 Å². The van der Waals surface area contributed by atoms with Gasteiger partial charge < -0.3 is 23.7 Å². The zero-order valence-corrected chi connectivity index (χ0v) is 52.2. The Morgan fingerprint density at radius 3 is 1.09 bits per heavy atom. The van der Waals surface area contributed by atoms with E-state index >= 15 is 0 Å². The topological polar surface area (TPSA) is 46.2 Å². The summed E-state index contributed by atoms with van der Waals surface area (Å²) < 4.78 is 29.9. The number of rotatable bonds is 20. The van der Waals surface area contributed by atoms with Crippen LogP contribution in [-0.4, -0.2) is 29.7 Å². The lowest BCUT2D eigenvalue weighted by atomic mass is 9.46. The second kappa shape index (κ2) is 27.0. The average molecular weight is 1060 g/mol. The predicted molar refractivity (Wildman–Crippen MR) is 326 cm³/mol. The number of benzene rings is 4. The summed E-state index contributed by atoms with van der Waals surface area (Å²) in [6, 6.07) is 34.5. The van der Waals surface area contributed by atoms with Crippen LogP contribution >= 0.6 is 0 Å². The van der Waals surface area contributed by atoms with Crippen molar-refractivity contribution in [2.75, 3.05) is 7.11 Å². The molecule has 0 heterocycles. The van der Waals surface area contributed by atoms with Gasteiger partial charge in [0.2, 0.25) is 5.79 Å². The minimum absolute atomic E-state index is 0.0300. The first-order valence-electron chi connectivity index (χ1n) is 31.1. The Labute approximate surface area is 472 Å². The number of hydrogen-bond donors (Lipinski definition) is 0. The average Bonchev–Trinajstić information content (AvgIpc) is 4.13. The molecule has 6 saturated carbocycles. The maximum absolute atomic E-state index is 6.66. The molecule has 6 aliphatic carbocycles. The van der Waals surface area contributed by atoms with Gasteiger partial charge in [0.25, 0.3) is 0 Å². The van der Waals surface area contributed by atoms with E-state index in [9.17, 15) is 0 Å². The molecule has 6 fully saturated rings. The Morgan fingerprint density at radius 1 is 0.429 bits per heavy atom. The van der Waals surface area contributed by atoms with Crippen LogP contribution in [0.15, 0.2) is 97.1 Å². The molecule has 4 aromatic carbocycles. The summed E-state index contributed by atoms with van der Waals surface area (Å²) in [5.41, 5.74) is 5.85. The Morgan fingerprint density at radius 2 is 0.779 bits per heavy atom. The van der Waals surface area contributed by atoms with Gasteiger partial charge in [-0.2, -0.15) is 0 Å². The second-order valence-corrected chi connectivity index (χ2v) is 27.2. The largest absolute Gasteiger partial charge is 0.488 e. The molecule has 0 spiro atoms. The van der Waals surface area contributed by atoms with Crippen molar-refractivity contribution in [1.29, 1.82) is 0 Å². The lowest BCUT2D eigenvalue weighted by Crippen LogP contribution is -2.58. The first-order chi connectivity index (χ1) is 36.4. The molecular formula is C72H110O5. The van der Waals surface area contributed by atoms with E-state index in [1.165, 1.54) is 106 Å². The van der Waals surface area contributed by atoms with Crippen LogP contribution in [0.5, 0.6) is 23.0 Å². The normalized spacial score (nSPS) is 24.9. The van der Waals surface area contributed by atoms with Crippen molar-refractivity contribution in [2.45, 2.75) is 260 Å². The standard InChI is InChI=1S/C23H34O.C20H30O.C15H24O.C14H22O2/c1-5-16(2)20-6-8-21(9-7-20)24-22(3,4)23-13-17-10-18(14-23)12-19(11-17)15-23;1-5-14(2)16-8-10-18(11-9-16)21-20(3,4)19-13-15-6-7-17(19)12-15;1-6-12(3)13-8-10-14(11-9-13)16-15(4,5)7-2;1-6-11(2)12-7-9-13(10-8-12)16-14(3,4)15-5/h6-9,16-19H,5,10-15H2,1-4H3;8-11,14-15,17,19H,5-7,12-13H2,1-4H3;8-12H,6-7H2,1-5H3;7-11H,6H2,1-5H3. The van der Waals surface area contributed by atoms with Gasteiger partial charge in [-0.25, -0.2) is 0 Å². The molecule has 5 nitrogen and oxygen atoms in total. The van der Waals surface area contributed by atoms with Crippen LogP contribution in [0, 0.1) is 40.9 Å². The number of hydrogen-bond acceptors (Lipinski definition) is 5. The Kier molecular flexibility index (Phi) is 21.8. The molecule has 6 aliphatic rings. The zero-order chi connectivity index (χ0) is 56.3. The van der Waals surface area contributed by atoms with Gasteiger partial charge in [0, 0.05) is 32.3 Å². The molecule has 428 valence electrons. The van der Waals surface area contributed by atoms with E-state index in [1.54, 1.807) is 7.11 Å². The number of methoxy groups -OCH3 is 1. The smallest absolute Gasteiger partial charge is 0.204 e. The fourth-order valence-electron chi connectivity index (χ4n) is 13.8. The lowest BCUT2D eigenvalue weighted by molar-refractivity contribution is -0.150. The van der Waals surface area contributed by atoms with Crippen LogP contribution in [0.4, 0.5) is 0 Å². The van der Waals surface area contributed by atoms with Crippen molar-refractivity contribution in [3.8, 4) is 23.0 Å². The van der Waals surface area contributed by atoms with Crippen molar-refractivity contribution < 1.29 is 23.7 Å². The minimum atomic E-state index is -0.572. The van der Waals surface area contributed by atoms with E-state index in [4.69, 9.17) is 23.7 Å². The maximum Gasteiger partial charge on any atom is 0.204 e. The molecule has 77 heavy (non-hydrogen) atoms. The molecule has 0 radical (unpaired) electrons. The highest BCUT2D eigenvalue weighted by Gasteiger charge is 2.58. The lowest BCUT2D eigenvalue weighted by Gasteiger charge is -2.61. The summed E-state index contributed by atoms with van der Waals surface area (Å²) >= 11 is 0. The van der Waals surface area contributed by atoms with E-state index in [1.807, 2.05) is 26.0 Å². The van der Waals surface area contributed by atoms with E-state index in [0.717, 1.165) is 71.3 Å². The molecular weight excluding hydrogens is 945 g/mol. The Balaban J connectivity index is 0.000000169. The summed E-state index contributed by atoms with van der Waals surface area (Å²) in [4.78, 5) is 0. The first-order valence-corrected chi connectivity index (χ1v) is 31.1. The molecule has 10 rings (SSSR count). The first kappa shape index (κ1) is 62.2. The van der Waals surface area contributed by atoms with Crippen molar-refractivity contribution in [3.05, 3.63) is 119 Å². The summed E-state index contributed by atoms with van der Waals surface area (Å²) in [5, 5.41) is 0. The maximum atomic E-state index is 6.66. The van der Waals surface area contributed by atoms with Crippen LogP contribution in [0.25, 0.3) is 0 Å². The summed E-state index contributed by atoms with van der Waals surface area (Å²) in [6.07, 6.45) is 20.1. The SMILES string of the molecule is CCC(C)c1ccc(OC(C)(C)C23CC4CC(CC(C4)C2)C3)cc1.CCC(C)c1ccc(OC(C)(C)C2CC3CCC2C3)cc1.CCC(C)c1ccc(OC(C)(C)CC)cc1.CCC(C)c1ccc(OC(C)(C)OC)cc1. The molecule has 0 amide bonds. The molecule has 7 unspecified atom stereocenters.